The fourth-order valence-electron chi connectivity index (χ4n) is 3.59. The summed E-state index contributed by atoms with van der Waals surface area (Å²) in [6, 6.07) is 5.03. The van der Waals surface area contributed by atoms with Crippen LogP contribution in [0.15, 0.2) is 24.3 Å². The Morgan fingerprint density at radius 2 is 2.25 bits per heavy atom. The minimum absolute atomic E-state index is 0.399. The van der Waals surface area contributed by atoms with Crippen molar-refractivity contribution in [2.75, 3.05) is 20.3 Å². The van der Waals surface area contributed by atoms with Crippen LogP contribution >= 0.6 is 0 Å². The number of benzene rings is 1. The van der Waals surface area contributed by atoms with Gasteiger partial charge in [0.05, 0.1) is 6.04 Å². The van der Waals surface area contributed by atoms with Crippen LogP contribution in [0.1, 0.15) is 44.1 Å². The van der Waals surface area contributed by atoms with Gasteiger partial charge in [-0.05, 0) is 56.2 Å². The molecule has 1 heterocycles. The first-order valence-electron chi connectivity index (χ1n) is 8.52. The van der Waals surface area contributed by atoms with Crippen LogP contribution < -0.4 is 5.73 Å². The van der Waals surface area contributed by atoms with E-state index >= 15 is 0 Å². The van der Waals surface area contributed by atoms with E-state index in [9.17, 15) is 14.3 Å². The van der Waals surface area contributed by atoms with Gasteiger partial charge in [-0.2, -0.15) is 0 Å². The van der Waals surface area contributed by atoms with Gasteiger partial charge >= 0.3 is 6.03 Å². The monoisotopic (exact) mass is 338 g/mol. The fourth-order valence-corrected chi connectivity index (χ4v) is 3.59. The average molecular weight is 338 g/mol. The maximum absolute atomic E-state index is 13.7. The van der Waals surface area contributed by atoms with Crippen LogP contribution in [0.4, 0.5) is 9.18 Å². The average Bonchev–Trinajstić information content (AvgIpc) is 2.58. The van der Waals surface area contributed by atoms with E-state index in [4.69, 9.17) is 10.5 Å². The summed E-state index contributed by atoms with van der Waals surface area (Å²) in [5, 5.41) is 11.5. The molecule has 2 rings (SSSR count). The van der Waals surface area contributed by atoms with Crippen molar-refractivity contribution in [3.8, 4) is 0 Å². The number of hydrogen-bond donors (Lipinski definition) is 2. The van der Waals surface area contributed by atoms with Gasteiger partial charge in [-0.15, -0.1) is 0 Å². The number of primary amides is 1. The van der Waals surface area contributed by atoms with Crippen molar-refractivity contribution in [2.45, 2.75) is 50.2 Å². The zero-order valence-electron chi connectivity index (χ0n) is 14.2. The van der Waals surface area contributed by atoms with E-state index in [0.717, 1.165) is 19.3 Å². The number of hydrogen-bond acceptors (Lipinski definition) is 3. The maximum Gasteiger partial charge on any atom is 0.315 e. The van der Waals surface area contributed by atoms with E-state index < -0.39 is 23.5 Å². The molecule has 1 saturated heterocycles. The molecule has 1 aromatic carbocycles. The summed E-state index contributed by atoms with van der Waals surface area (Å²) in [4.78, 5) is 13.4. The number of amides is 2. The topological polar surface area (TPSA) is 75.8 Å². The standard InChI is InChI=1S/C18H27FN2O3/c1-24-12-5-3-10-18(23,14-7-6-8-15(19)13-14)16-9-2-4-11-21(16)17(20)22/h6-8,13,16,23H,2-5,9-12H2,1H3,(H2,20,22)/t16?,18-/m0/s1. The molecule has 24 heavy (non-hydrogen) atoms. The Balaban J connectivity index is 2.31. The molecule has 134 valence electrons. The molecule has 1 fully saturated rings. The Labute approximate surface area is 142 Å². The van der Waals surface area contributed by atoms with Crippen LogP contribution in [0.5, 0.6) is 0 Å². The molecule has 0 aliphatic carbocycles. The summed E-state index contributed by atoms with van der Waals surface area (Å²) in [5.41, 5.74) is 4.70. The molecule has 1 unspecified atom stereocenters. The second-order valence-corrected chi connectivity index (χ2v) is 6.43. The number of carbonyl (C=O) groups excluding carboxylic acids is 1. The fraction of sp³-hybridized carbons (Fsp3) is 0.611. The number of likely N-dealkylation sites (tertiary alicyclic amines) is 1. The van der Waals surface area contributed by atoms with Crippen molar-refractivity contribution in [1.82, 2.24) is 4.90 Å². The highest BCUT2D eigenvalue weighted by Gasteiger charge is 2.43. The number of aliphatic hydroxyl groups is 1. The molecule has 0 bridgehead atoms. The highest BCUT2D eigenvalue weighted by atomic mass is 19.1. The van der Waals surface area contributed by atoms with Crippen LogP contribution in [0.2, 0.25) is 0 Å². The van der Waals surface area contributed by atoms with Crippen LogP contribution in [0, 0.1) is 5.82 Å². The normalized spacial score (nSPS) is 20.6. The Bertz CT molecular complexity index is 555. The molecule has 0 saturated carbocycles. The summed E-state index contributed by atoms with van der Waals surface area (Å²) in [5.74, 6) is -0.399. The third kappa shape index (κ3) is 4.24. The van der Waals surface area contributed by atoms with Gasteiger partial charge in [-0.25, -0.2) is 9.18 Å². The number of ether oxygens (including phenoxy) is 1. The molecule has 2 atom stereocenters. The van der Waals surface area contributed by atoms with E-state index in [1.54, 1.807) is 19.2 Å². The zero-order chi connectivity index (χ0) is 17.6. The molecular formula is C18H27FN2O3. The lowest BCUT2D eigenvalue weighted by atomic mass is 9.77. The Kier molecular flexibility index (Phi) is 6.57. The number of urea groups is 1. The highest BCUT2D eigenvalue weighted by molar-refractivity contribution is 5.72. The lowest BCUT2D eigenvalue weighted by molar-refractivity contribution is -0.0605. The Morgan fingerprint density at radius 3 is 2.92 bits per heavy atom. The largest absolute Gasteiger partial charge is 0.385 e. The van der Waals surface area contributed by atoms with E-state index in [0.29, 0.717) is 38.0 Å². The predicted molar refractivity (Wildman–Crippen MR) is 90.0 cm³/mol. The Hall–Kier alpha value is -1.66. The van der Waals surface area contributed by atoms with Gasteiger partial charge < -0.3 is 20.5 Å². The van der Waals surface area contributed by atoms with Crippen molar-refractivity contribution in [3.63, 3.8) is 0 Å². The second kappa shape index (κ2) is 8.44. The molecule has 2 amide bonds. The van der Waals surface area contributed by atoms with Crippen molar-refractivity contribution >= 4 is 6.03 Å². The van der Waals surface area contributed by atoms with Gasteiger partial charge in [0.25, 0.3) is 0 Å². The highest BCUT2D eigenvalue weighted by Crippen LogP contribution is 2.38. The van der Waals surface area contributed by atoms with E-state index in [-0.39, 0.29) is 0 Å². The summed E-state index contributed by atoms with van der Waals surface area (Å²) in [7, 11) is 1.63. The lowest BCUT2D eigenvalue weighted by Gasteiger charge is -2.45. The maximum atomic E-state index is 13.7. The minimum Gasteiger partial charge on any atom is -0.385 e. The Morgan fingerprint density at radius 1 is 1.46 bits per heavy atom. The summed E-state index contributed by atoms with van der Waals surface area (Å²) in [6.07, 6.45) is 4.35. The van der Waals surface area contributed by atoms with Crippen LogP contribution in [0.3, 0.4) is 0 Å². The zero-order valence-corrected chi connectivity index (χ0v) is 14.2. The third-order valence-electron chi connectivity index (χ3n) is 4.82. The number of piperidine rings is 1. The predicted octanol–water partition coefficient (Wildman–Crippen LogP) is 2.76. The molecule has 3 N–H and O–H groups in total. The molecule has 1 aromatic rings. The van der Waals surface area contributed by atoms with Gasteiger partial charge in [-0.3, -0.25) is 0 Å². The van der Waals surface area contributed by atoms with E-state index in [1.807, 2.05) is 0 Å². The van der Waals surface area contributed by atoms with E-state index in [1.165, 1.54) is 17.0 Å². The molecule has 6 heteroatoms. The van der Waals surface area contributed by atoms with Gasteiger partial charge in [0.2, 0.25) is 0 Å². The molecule has 0 radical (unpaired) electrons. The number of unbranched alkanes of at least 4 members (excludes halogenated alkanes) is 1. The number of nitrogens with zero attached hydrogens (tertiary/aromatic N) is 1. The van der Waals surface area contributed by atoms with Crippen molar-refractivity contribution in [2.24, 2.45) is 5.73 Å². The number of halogens is 1. The minimum atomic E-state index is -1.31. The summed E-state index contributed by atoms with van der Waals surface area (Å²) in [6.45, 7) is 1.12. The van der Waals surface area contributed by atoms with Gasteiger partial charge in [0, 0.05) is 20.3 Å². The first-order valence-corrected chi connectivity index (χ1v) is 8.52. The van der Waals surface area contributed by atoms with Gasteiger partial charge in [-0.1, -0.05) is 12.1 Å². The SMILES string of the molecule is COCCCC[C@](O)(c1cccc(F)c1)C1CCCCN1C(N)=O. The van der Waals surface area contributed by atoms with Crippen molar-refractivity contribution < 1.29 is 19.0 Å². The summed E-state index contributed by atoms with van der Waals surface area (Å²) >= 11 is 0. The quantitative estimate of drug-likeness (QED) is 0.751. The number of nitrogens with two attached hydrogens (primary N) is 1. The number of methoxy groups -OCH3 is 1. The second-order valence-electron chi connectivity index (χ2n) is 6.43. The lowest BCUT2D eigenvalue weighted by Crippen LogP contribution is -2.56. The van der Waals surface area contributed by atoms with Crippen LogP contribution in [0.25, 0.3) is 0 Å². The first-order chi connectivity index (χ1) is 11.5. The molecule has 0 spiro atoms. The van der Waals surface area contributed by atoms with Crippen molar-refractivity contribution in [3.05, 3.63) is 35.6 Å². The number of rotatable bonds is 7. The third-order valence-corrected chi connectivity index (χ3v) is 4.82. The molecule has 1 aliphatic rings. The molecule has 0 aromatic heterocycles. The summed E-state index contributed by atoms with van der Waals surface area (Å²) < 4.78 is 18.8. The smallest absolute Gasteiger partial charge is 0.315 e. The van der Waals surface area contributed by atoms with Crippen LogP contribution in [-0.4, -0.2) is 42.3 Å². The number of carbonyl (C=O) groups is 1. The van der Waals surface area contributed by atoms with Gasteiger partial charge in [0.1, 0.15) is 11.4 Å². The van der Waals surface area contributed by atoms with Crippen molar-refractivity contribution in [1.29, 1.82) is 0 Å². The molecular weight excluding hydrogens is 311 g/mol. The first kappa shape index (κ1) is 18.7. The van der Waals surface area contributed by atoms with Gasteiger partial charge in [0.15, 0.2) is 0 Å². The van der Waals surface area contributed by atoms with E-state index in [2.05, 4.69) is 0 Å². The van der Waals surface area contributed by atoms with Crippen LogP contribution in [-0.2, 0) is 10.3 Å². The molecule has 5 nitrogen and oxygen atoms in total. The molecule has 1 aliphatic heterocycles.